The highest BCUT2D eigenvalue weighted by Gasteiger charge is 2.50. The van der Waals surface area contributed by atoms with Crippen LogP contribution in [-0.2, 0) is 4.79 Å². The average Bonchev–Trinajstić information content (AvgIpc) is 3.40. The van der Waals surface area contributed by atoms with E-state index in [2.05, 4.69) is 25.1 Å². The summed E-state index contributed by atoms with van der Waals surface area (Å²) >= 11 is 0. The van der Waals surface area contributed by atoms with Gasteiger partial charge in [0.05, 0.1) is 12.2 Å². The van der Waals surface area contributed by atoms with Gasteiger partial charge in [0.1, 0.15) is 11.5 Å². The van der Waals surface area contributed by atoms with Crippen molar-refractivity contribution >= 4 is 11.8 Å². The Morgan fingerprint density at radius 1 is 1.21 bits per heavy atom. The fourth-order valence-corrected chi connectivity index (χ4v) is 6.47. The number of carbonyl (C=O) groups excluding carboxylic acids is 2. The molecule has 3 aliphatic heterocycles. The molecule has 4 atom stereocenters. The molecule has 1 aliphatic carbocycles. The van der Waals surface area contributed by atoms with Crippen LogP contribution in [0.3, 0.4) is 0 Å². The Kier molecular flexibility index (Phi) is 5.10. The number of nitrogens with one attached hydrogen (secondary N) is 2. The smallest absolute Gasteiger partial charge is 0.269 e. The predicted octanol–water partition coefficient (Wildman–Crippen LogP) is 2.09. The lowest BCUT2D eigenvalue weighted by Gasteiger charge is -2.57. The molecule has 4 fully saturated rings. The van der Waals surface area contributed by atoms with E-state index in [1.807, 2.05) is 6.92 Å². The molecule has 3 saturated heterocycles. The van der Waals surface area contributed by atoms with Crippen LogP contribution < -0.4 is 5.32 Å². The maximum absolute atomic E-state index is 12.9. The summed E-state index contributed by atoms with van der Waals surface area (Å²) in [6, 6.07) is 1.20. The van der Waals surface area contributed by atoms with Crippen molar-refractivity contribution in [2.45, 2.75) is 76.4 Å². The van der Waals surface area contributed by atoms with Gasteiger partial charge >= 0.3 is 0 Å². The Morgan fingerprint density at radius 3 is 2.76 bits per heavy atom. The molecule has 2 bridgehead atoms. The van der Waals surface area contributed by atoms with E-state index in [1.165, 1.54) is 32.1 Å². The second-order valence-corrected chi connectivity index (χ2v) is 9.57. The standard InChI is InChI=1S/C22H33N5O2/c1-14-23-10-18(25-14)22(29)24-11-20-16-9-15(19-7-4-8-21(28)27(19)20)12-26(13-16)17-5-2-3-6-17/h10,15-17,19-20H,2-9,11-13H2,1H3,(H,23,25)(H,24,29)/t15-,16-,19-,20-/m0/s1. The molecule has 158 valence electrons. The number of fused-ring (bicyclic) bond motifs is 4. The summed E-state index contributed by atoms with van der Waals surface area (Å²) in [5.74, 6) is 1.96. The predicted molar refractivity (Wildman–Crippen MR) is 109 cm³/mol. The van der Waals surface area contributed by atoms with Crippen molar-refractivity contribution in [1.29, 1.82) is 0 Å². The molecule has 7 nitrogen and oxygen atoms in total. The van der Waals surface area contributed by atoms with Crippen molar-refractivity contribution in [2.75, 3.05) is 19.6 Å². The summed E-state index contributed by atoms with van der Waals surface area (Å²) in [7, 11) is 0. The Hall–Kier alpha value is -1.89. The van der Waals surface area contributed by atoms with Gasteiger partial charge in [0, 0.05) is 38.1 Å². The van der Waals surface area contributed by atoms with Crippen LogP contribution in [0.1, 0.15) is 67.7 Å². The second-order valence-electron chi connectivity index (χ2n) is 9.57. The van der Waals surface area contributed by atoms with Crippen LogP contribution in [0.25, 0.3) is 0 Å². The van der Waals surface area contributed by atoms with Gasteiger partial charge < -0.3 is 15.2 Å². The van der Waals surface area contributed by atoms with E-state index in [0.29, 0.717) is 42.4 Å². The number of likely N-dealkylation sites (tertiary alicyclic amines) is 1. The highest BCUT2D eigenvalue weighted by molar-refractivity contribution is 5.92. The summed E-state index contributed by atoms with van der Waals surface area (Å²) in [5, 5.41) is 3.10. The highest BCUT2D eigenvalue weighted by Crippen LogP contribution is 2.43. The number of aromatic nitrogens is 2. The molecule has 0 aromatic carbocycles. The number of hydrogen-bond acceptors (Lipinski definition) is 4. The first kappa shape index (κ1) is 19.1. The maximum atomic E-state index is 12.9. The van der Waals surface area contributed by atoms with Gasteiger partial charge in [-0.15, -0.1) is 0 Å². The summed E-state index contributed by atoms with van der Waals surface area (Å²) in [4.78, 5) is 37.6. The zero-order valence-electron chi connectivity index (χ0n) is 17.4. The third kappa shape index (κ3) is 3.58. The zero-order valence-corrected chi connectivity index (χ0v) is 17.4. The number of aryl methyl sites for hydroxylation is 1. The quantitative estimate of drug-likeness (QED) is 0.812. The lowest BCUT2D eigenvalue weighted by molar-refractivity contribution is -0.153. The number of nitrogens with zero attached hydrogens (tertiary/aromatic N) is 3. The van der Waals surface area contributed by atoms with Gasteiger partial charge in [0.2, 0.25) is 5.91 Å². The molecular weight excluding hydrogens is 366 g/mol. The number of hydrogen-bond donors (Lipinski definition) is 2. The fraction of sp³-hybridized carbons (Fsp3) is 0.773. The van der Waals surface area contributed by atoms with E-state index in [-0.39, 0.29) is 11.9 Å². The molecule has 4 aliphatic rings. The Balaban J connectivity index is 1.34. The van der Waals surface area contributed by atoms with Crippen LogP contribution in [0.4, 0.5) is 0 Å². The first-order chi connectivity index (χ1) is 14.1. The van der Waals surface area contributed by atoms with Crippen LogP contribution in [0.15, 0.2) is 6.20 Å². The lowest BCUT2D eigenvalue weighted by atomic mass is 9.71. The molecule has 1 aromatic heterocycles. The number of aromatic amines is 1. The molecule has 7 heteroatoms. The van der Waals surface area contributed by atoms with Gasteiger partial charge in [0.25, 0.3) is 5.91 Å². The summed E-state index contributed by atoms with van der Waals surface area (Å²) in [6.07, 6.45) is 10.9. The Labute approximate surface area is 172 Å². The number of carbonyl (C=O) groups is 2. The fourth-order valence-electron chi connectivity index (χ4n) is 6.47. The van der Waals surface area contributed by atoms with E-state index in [9.17, 15) is 9.59 Å². The van der Waals surface area contributed by atoms with E-state index in [4.69, 9.17) is 0 Å². The Bertz CT molecular complexity index is 771. The SMILES string of the molecule is Cc1ncc(C(=O)NC[C@H]2[C@H]3C[C@@H](CN(C4CCCC4)C3)[C@@H]3CCCC(=O)N32)[nH]1. The van der Waals surface area contributed by atoms with Crippen molar-refractivity contribution in [1.82, 2.24) is 25.1 Å². The maximum Gasteiger partial charge on any atom is 0.269 e. The molecule has 0 unspecified atom stereocenters. The third-order valence-corrected chi connectivity index (χ3v) is 7.79. The van der Waals surface area contributed by atoms with E-state index in [1.54, 1.807) is 6.20 Å². The second kappa shape index (κ2) is 7.74. The van der Waals surface area contributed by atoms with Gasteiger partial charge in [-0.2, -0.15) is 0 Å². The zero-order chi connectivity index (χ0) is 20.0. The van der Waals surface area contributed by atoms with E-state index in [0.717, 1.165) is 37.8 Å². The van der Waals surface area contributed by atoms with Crippen molar-refractivity contribution in [3.8, 4) is 0 Å². The summed E-state index contributed by atoms with van der Waals surface area (Å²) in [6.45, 7) is 4.60. The first-order valence-electron chi connectivity index (χ1n) is 11.4. The monoisotopic (exact) mass is 399 g/mol. The minimum Gasteiger partial charge on any atom is -0.349 e. The Morgan fingerprint density at radius 2 is 2.00 bits per heavy atom. The van der Waals surface area contributed by atoms with E-state index < -0.39 is 0 Å². The van der Waals surface area contributed by atoms with Crippen molar-refractivity contribution in [3.05, 3.63) is 17.7 Å². The van der Waals surface area contributed by atoms with E-state index >= 15 is 0 Å². The van der Waals surface area contributed by atoms with Crippen molar-refractivity contribution in [3.63, 3.8) is 0 Å². The lowest BCUT2D eigenvalue weighted by Crippen LogP contribution is -2.67. The minimum atomic E-state index is -0.128. The average molecular weight is 400 g/mol. The topological polar surface area (TPSA) is 81.3 Å². The van der Waals surface area contributed by atoms with Crippen LogP contribution >= 0.6 is 0 Å². The van der Waals surface area contributed by atoms with Gasteiger partial charge in [-0.25, -0.2) is 4.98 Å². The molecule has 5 rings (SSSR count). The van der Waals surface area contributed by atoms with Crippen molar-refractivity contribution in [2.24, 2.45) is 11.8 Å². The normalized spacial score (nSPS) is 33.0. The summed E-state index contributed by atoms with van der Waals surface area (Å²) in [5.41, 5.74) is 0.494. The molecule has 1 aromatic rings. The van der Waals surface area contributed by atoms with Crippen LogP contribution in [-0.4, -0.2) is 69.3 Å². The number of imidazole rings is 1. The molecule has 2 N–H and O–H groups in total. The number of piperidine rings is 3. The molecule has 1 saturated carbocycles. The van der Waals surface area contributed by atoms with Crippen LogP contribution in [0.2, 0.25) is 0 Å². The van der Waals surface area contributed by atoms with Gasteiger partial charge in [-0.05, 0) is 50.9 Å². The first-order valence-corrected chi connectivity index (χ1v) is 11.4. The van der Waals surface area contributed by atoms with Gasteiger partial charge in [-0.3, -0.25) is 14.5 Å². The summed E-state index contributed by atoms with van der Waals surface area (Å²) < 4.78 is 0. The van der Waals surface area contributed by atoms with Crippen LogP contribution in [0, 0.1) is 18.8 Å². The third-order valence-electron chi connectivity index (χ3n) is 7.79. The molecule has 0 radical (unpaired) electrons. The van der Waals surface area contributed by atoms with Gasteiger partial charge in [-0.1, -0.05) is 12.8 Å². The highest BCUT2D eigenvalue weighted by atomic mass is 16.2. The molecule has 2 amide bonds. The number of H-pyrrole nitrogens is 1. The van der Waals surface area contributed by atoms with Crippen molar-refractivity contribution < 1.29 is 9.59 Å². The minimum absolute atomic E-state index is 0.112. The van der Waals surface area contributed by atoms with Gasteiger partial charge in [0.15, 0.2) is 0 Å². The largest absolute Gasteiger partial charge is 0.349 e. The molecular formula is C22H33N5O2. The molecule has 29 heavy (non-hydrogen) atoms. The van der Waals surface area contributed by atoms with Crippen LogP contribution in [0.5, 0.6) is 0 Å². The molecule has 0 spiro atoms. The number of amides is 2. The number of rotatable bonds is 4. The molecule has 4 heterocycles.